The number of nitrogens with zero attached hydrogens (tertiary/aromatic N) is 2. The zero-order valence-electron chi connectivity index (χ0n) is 19.4. The first-order valence-corrected chi connectivity index (χ1v) is 11.5. The van der Waals surface area contributed by atoms with Crippen LogP contribution in [0.5, 0.6) is 11.5 Å². The van der Waals surface area contributed by atoms with Gasteiger partial charge in [-0.2, -0.15) is 0 Å². The summed E-state index contributed by atoms with van der Waals surface area (Å²) in [6.45, 7) is 4.78. The van der Waals surface area contributed by atoms with Crippen molar-refractivity contribution in [2.45, 2.75) is 45.4 Å². The molecule has 0 spiro atoms. The Morgan fingerprint density at radius 1 is 1.09 bits per heavy atom. The highest BCUT2D eigenvalue weighted by molar-refractivity contribution is 5.99. The van der Waals surface area contributed by atoms with Gasteiger partial charge >= 0.3 is 0 Å². The molecule has 34 heavy (non-hydrogen) atoms. The number of nitrogens with one attached hydrogen (secondary N) is 1. The maximum atomic E-state index is 13.2. The van der Waals surface area contributed by atoms with Gasteiger partial charge < -0.3 is 14.8 Å². The number of carbonyl (C=O) groups is 2. The number of benzene rings is 2. The summed E-state index contributed by atoms with van der Waals surface area (Å²) in [6.07, 6.45) is 1.84. The maximum Gasteiger partial charge on any atom is 0.274 e. The van der Waals surface area contributed by atoms with Crippen molar-refractivity contribution in [3.05, 3.63) is 84.1 Å². The van der Waals surface area contributed by atoms with Gasteiger partial charge in [-0.3, -0.25) is 14.5 Å². The van der Waals surface area contributed by atoms with Crippen molar-refractivity contribution >= 4 is 17.6 Å². The molecule has 0 saturated heterocycles. The van der Waals surface area contributed by atoms with E-state index in [2.05, 4.69) is 10.3 Å². The molecule has 176 valence electrons. The van der Waals surface area contributed by atoms with E-state index in [1.807, 2.05) is 74.5 Å². The van der Waals surface area contributed by atoms with Crippen LogP contribution in [0.15, 0.2) is 72.9 Å². The second-order valence-corrected chi connectivity index (χ2v) is 8.41. The summed E-state index contributed by atoms with van der Waals surface area (Å²) < 4.78 is 11.6. The third kappa shape index (κ3) is 5.73. The van der Waals surface area contributed by atoms with Crippen LogP contribution in [0.25, 0.3) is 0 Å². The van der Waals surface area contributed by atoms with Crippen molar-refractivity contribution in [1.82, 2.24) is 10.3 Å². The number of hydrogen-bond acceptors (Lipinski definition) is 5. The van der Waals surface area contributed by atoms with Crippen LogP contribution in [0.3, 0.4) is 0 Å². The number of pyridine rings is 1. The van der Waals surface area contributed by atoms with E-state index in [1.165, 1.54) is 0 Å². The molecule has 0 radical (unpaired) electrons. The topological polar surface area (TPSA) is 80.8 Å². The normalized spacial score (nSPS) is 15.0. The summed E-state index contributed by atoms with van der Waals surface area (Å²) in [6, 6.07) is 20.7. The summed E-state index contributed by atoms with van der Waals surface area (Å²) in [7, 11) is 0. The Labute approximate surface area is 199 Å². The Hall–Kier alpha value is -3.87. The first-order chi connectivity index (χ1) is 16.5. The molecule has 1 atom stereocenters. The second-order valence-electron chi connectivity index (χ2n) is 8.41. The number of ether oxygens (including phenoxy) is 2. The zero-order valence-corrected chi connectivity index (χ0v) is 19.4. The second kappa shape index (κ2) is 10.8. The minimum atomic E-state index is -0.727. The molecule has 0 fully saturated rings. The number of rotatable bonds is 9. The third-order valence-corrected chi connectivity index (χ3v) is 5.41. The summed E-state index contributed by atoms with van der Waals surface area (Å²) in [5, 5.41) is 2.94. The molecule has 1 aliphatic heterocycles. The van der Waals surface area contributed by atoms with Crippen LogP contribution in [0.1, 0.15) is 43.9 Å². The van der Waals surface area contributed by atoms with Gasteiger partial charge in [0.05, 0.1) is 6.10 Å². The predicted molar refractivity (Wildman–Crippen MR) is 130 cm³/mol. The Kier molecular flexibility index (Phi) is 7.42. The molecule has 0 bridgehead atoms. The van der Waals surface area contributed by atoms with E-state index in [0.29, 0.717) is 37.5 Å². The van der Waals surface area contributed by atoms with Crippen LogP contribution in [-0.4, -0.2) is 29.4 Å². The Morgan fingerprint density at radius 3 is 2.59 bits per heavy atom. The van der Waals surface area contributed by atoms with E-state index in [-0.39, 0.29) is 17.9 Å². The van der Waals surface area contributed by atoms with Crippen molar-refractivity contribution in [3.8, 4) is 11.5 Å². The molecule has 3 aromatic rings. The highest BCUT2D eigenvalue weighted by Gasteiger charge is 2.36. The van der Waals surface area contributed by atoms with Crippen LogP contribution in [0, 0.1) is 0 Å². The smallest absolute Gasteiger partial charge is 0.274 e. The number of carbonyl (C=O) groups excluding carboxylic acids is 2. The standard InChI is InChI=1S/C27H29N3O4/c1-19(2)33-22-14-12-20(13-15-22)18-29-24(31)11-7-17-30-26-23(10-6-16-28-26)34-25(27(30)32)21-8-4-3-5-9-21/h3-6,8-10,12-16,19,25H,7,11,17-18H2,1-2H3,(H,29,31)/t25-/m0/s1. The molecule has 2 amide bonds. The molecule has 0 unspecified atom stereocenters. The molecule has 0 saturated carbocycles. The number of anilines is 1. The van der Waals surface area contributed by atoms with Crippen LogP contribution in [0.4, 0.5) is 5.82 Å². The van der Waals surface area contributed by atoms with Crippen LogP contribution in [0.2, 0.25) is 0 Å². The highest BCUT2D eigenvalue weighted by atomic mass is 16.5. The zero-order chi connectivity index (χ0) is 23.9. The van der Waals surface area contributed by atoms with E-state index in [4.69, 9.17) is 9.47 Å². The van der Waals surface area contributed by atoms with Gasteiger partial charge in [0.2, 0.25) is 12.0 Å². The van der Waals surface area contributed by atoms with Crippen LogP contribution in [-0.2, 0) is 16.1 Å². The molecule has 0 aliphatic carbocycles. The molecule has 7 nitrogen and oxygen atoms in total. The molecule has 2 aromatic carbocycles. The summed E-state index contributed by atoms with van der Waals surface area (Å²) in [5.41, 5.74) is 1.78. The number of fused-ring (bicyclic) bond motifs is 1. The van der Waals surface area contributed by atoms with Gasteiger partial charge in [-0.05, 0) is 50.1 Å². The lowest BCUT2D eigenvalue weighted by molar-refractivity contribution is -0.127. The first-order valence-electron chi connectivity index (χ1n) is 11.5. The SMILES string of the molecule is CC(C)Oc1ccc(CNC(=O)CCCN2C(=O)[C@H](c3ccccc3)Oc3cccnc32)cc1. The minimum Gasteiger partial charge on any atom is -0.491 e. The fraction of sp³-hybridized carbons (Fsp3) is 0.296. The van der Waals surface area contributed by atoms with Crippen molar-refractivity contribution in [1.29, 1.82) is 0 Å². The maximum absolute atomic E-state index is 13.2. The Bertz CT molecular complexity index is 1120. The van der Waals surface area contributed by atoms with Gasteiger partial charge in [0.1, 0.15) is 5.75 Å². The van der Waals surface area contributed by atoms with Gasteiger partial charge in [-0.25, -0.2) is 4.98 Å². The summed E-state index contributed by atoms with van der Waals surface area (Å²) >= 11 is 0. The largest absolute Gasteiger partial charge is 0.491 e. The molecule has 1 N–H and O–H groups in total. The lowest BCUT2D eigenvalue weighted by Crippen LogP contribution is -2.42. The fourth-order valence-electron chi connectivity index (χ4n) is 3.80. The first kappa shape index (κ1) is 23.3. The lowest BCUT2D eigenvalue weighted by atomic mass is 10.1. The Balaban J connectivity index is 1.32. The van der Waals surface area contributed by atoms with Gasteiger partial charge in [0.15, 0.2) is 11.6 Å². The monoisotopic (exact) mass is 459 g/mol. The van der Waals surface area contributed by atoms with E-state index in [0.717, 1.165) is 16.9 Å². The lowest BCUT2D eigenvalue weighted by Gasteiger charge is -2.33. The molecule has 4 rings (SSSR count). The van der Waals surface area contributed by atoms with Crippen molar-refractivity contribution in [3.63, 3.8) is 0 Å². The van der Waals surface area contributed by atoms with Crippen LogP contribution < -0.4 is 19.7 Å². The summed E-state index contributed by atoms with van der Waals surface area (Å²) in [4.78, 5) is 31.6. The molecule has 7 heteroatoms. The number of hydrogen-bond donors (Lipinski definition) is 1. The molecular weight excluding hydrogens is 430 g/mol. The highest BCUT2D eigenvalue weighted by Crippen LogP contribution is 2.37. The Morgan fingerprint density at radius 2 is 1.85 bits per heavy atom. The van der Waals surface area contributed by atoms with Crippen molar-refractivity contribution in [2.24, 2.45) is 0 Å². The van der Waals surface area contributed by atoms with Crippen molar-refractivity contribution in [2.75, 3.05) is 11.4 Å². The van der Waals surface area contributed by atoms with Gasteiger partial charge in [-0.1, -0.05) is 42.5 Å². The van der Waals surface area contributed by atoms with Crippen molar-refractivity contribution < 1.29 is 19.1 Å². The third-order valence-electron chi connectivity index (χ3n) is 5.41. The van der Waals surface area contributed by atoms with Gasteiger partial charge in [0.25, 0.3) is 5.91 Å². The quantitative estimate of drug-likeness (QED) is 0.512. The molecule has 1 aliphatic rings. The van der Waals surface area contributed by atoms with E-state index in [1.54, 1.807) is 17.2 Å². The molecule has 1 aromatic heterocycles. The predicted octanol–water partition coefficient (Wildman–Crippen LogP) is 4.43. The van der Waals surface area contributed by atoms with E-state index in [9.17, 15) is 9.59 Å². The number of amides is 2. The number of aromatic nitrogens is 1. The molecular formula is C27H29N3O4. The van der Waals surface area contributed by atoms with Crippen LogP contribution >= 0.6 is 0 Å². The average molecular weight is 460 g/mol. The van der Waals surface area contributed by atoms with E-state index >= 15 is 0 Å². The van der Waals surface area contributed by atoms with Gasteiger partial charge in [0, 0.05) is 31.3 Å². The minimum absolute atomic E-state index is 0.0657. The fourth-order valence-corrected chi connectivity index (χ4v) is 3.80. The summed E-state index contributed by atoms with van der Waals surface area (Å²) in [5.74, 6) is 1.61. The van der Waals surface area contributed by atoms with E-state index < -0.39 is 6.10 Å². The average Bonchev–Trinajstić information content (AvgIpc) is 2.85. The molecule has 2 heterocycles. The van der Waals surface area contributed by atoms with Gasteiger partial charge in [-0.15, -0.1) is 0 Å².